The second kappa shape index (κ2) is 7.80. The first-order valence-corrected chi connectivity index (χ1v) is 9.79. The third kappa shape index (κ3) is 4.56. The molecule has 1 aromatic heterocycles. The zero-order valence-corrected chi connectivity index (χ0v) is 15.6. The van der Waals surface area contributed by atoms with Gasteiger partial charge in [0.2, 0.25) is 0 Å². The maximum absolute atomic E-state index is 12.1. The number of hydrogen-bond donors (Lipinski definition) is 0. The van der Waals surface area contributed by atoms with Gasteiger partial charge in [-0.15, -0.1) is 5.10 Å². The standard InChI is InChI=1S/C19H21N3O3S/c1-15-8-10-19(11-9-15)26(23,24)25-12-4-6-17-14-22(21-20-17)18-7-3-5-16(2)13-18/h3,5,7-11,13-14H,4,6,12H2,1-2H3. The van der Waals surface area contributed by atoms with Crippen LogP contribution in [0.5, 0.6) is 0 Å². The quantitative estimate of drug-likeness (QED) is 0.471. The second-order valence-electron chi connectivity index (χ2n) is 6.19. The topological polar surface area (TPSA) is 74.1 Å². The van der Waals surface area contributed by atoms with Crippen LogP contribution in [0.15, 0.2) is 59.6 Å². The van der Waals surface area contributed by atoms with Gasteiger partial charge in [-0.1, -0.05) is 35.0 Å². The van der Waals surface area contributed by atoms with Crippen molar-refractivity contribution in [1.82, 2.24) is 15.0 Å². The highest BCUT2D eigenvalue weighted by Crippen LogP contribution is 2.14. The van der Waals surface area contributed by atoms with Crippen LogP contribution in [0, 0.1) is 13.8 Å². The Morgan fingerprint density at radius 3 is 2.54 bits per heavy atom. The average molecular weight is 371 g/mol. The van der Waals surface area contributed by atoms with E-state index in [2.05, 4.69) is 10.3 Å². The van der Waals surface area contributed by atoms with E-state index >= 15 is 0 Å². The van der Waals surface area contributed by atoms with E-state index in [1.807, 2.05) is 44.3 Å². The second-order valence-corrected chi connectivity index (χ2v) is 7.80. The summed E-state index contributed by atoms with van der Waals surface area (Å²) in [5, 5.41) is 8.25. The molecule has 3 rings (SSSR count). The maximum Gasteiger partial charge on any atom is 0.296 e. The van der Waals surface area contributed by atoms with Crippen molar-refractivity contribution in [3.63, 3.8) is 0 Å². The SMILES string of the molecule is Cc1ccc(S(=O)(=O)OCCCc2cn(-c3cccc(C)c3)nn2)cc1. The van der Waals surface area contributed by atoms with E-state index in [1.165, 1.54) is 0 Å². The van der Waals surface area contributed by atoms with E-state index in [4.69, 9.17) is 4.18 Å². The molecule has 0 atom stereocenters. The van der Waals surface area contributed by atoms with Crippen molar-refractivity contribution in [3.05, 3.63) is 71.5 Å². The van der Waals surface area contributed by atoms with Gasteiger partial charge in [0.15, 0.2) is 0 Å². The Kier molecular flexibility index (Phi) is 5.49. The molecule has 0 saturated carbocycles. The Labute approximate surface area is 153 Å². The molecule has 2 aromatic carbocycles. The molecule has 26 heavy (non-hydrogen) atoms. The van der Waals surface area contributed by atoms with Crippen LogP contribution in [-0.4, -0.2) is 30.0 Å². The van der Waals surface area contributed by atoms with E-state index in [9.17, 15) is 8.42 Å². The van der Waals surface area contributed by atoms with Crippen LogP contribution < -0.4 is 0 Å². The normalized spacial score (nSPS) is 11.6. The zero-order valence-electron chi connectivity index (χ0n) is 14.8. The fraction of sp³-hybridized carbons (Fsp3) is 0.263. The molecule has 3 aromatic rings. The lowest BCUT2D eigenvalue weighted by Crippen LogP contribution is -2.08. The minimum absolute atomic E-state index is 0.105. The first kappa shape index (κ1) is 18.3. The van der Waals surface area contributed by atoms with Crippen molar-refractivity contribution in [1.29, 1.82) is 0 Å². The molecule has 0 amide bonds. The Morgan fingerprint density at radius 2 is 1.81 bits per heavy atom. The lowest BCUT2D eigenvalue weighted by Gasteiger charge is -2.05. The van der Waals surface area contributed by atoms with E-state index in [0.29, 0.717) is 12.8 Å². The molecule has 0 aliphatic carbocycles. The molecule has 7 heteroatoms. The van der Waals surface area contributed by atoms with Gasteiger partial charge in [-0.3, -0.25) is 4.18 Å². The van der Waals surface area contributed by atoms with Crippen LogP contribution in [0.3, 0.4) is 0 Å². The van der Waals surface area contributed by atoms with Crippen LogP contribution in [0.4, 0.5) is 0 Å². The molecule has 0 radical (unpaired) electrons. The predicted molar refractivity (Wildman–Crippen MR) is 98.7 cm³/mol. The van der Waals surface area contributed by atoms with Crippen molar-refractivity contribution >= 4 is 10.1 Å². The van der Waals surface area contributed by atoms with Gasteiger partial charge in [0, 0.05) is 0 Å². The third-order valence-corrected chi connectivity index (χ3v) is 5.26. The Bertz CT molecular complexity index is 979. The van der Waals surface area contributed by atoms with Crippen LogP contribution >= 0.6 is 0 Å². The minimum Gasteiger partial charge on any atom is -0.266 e. The molecule has 0 saturated heterocycles. The highest BCUT2D eigenvalue weighted by atomic mass is 32.2. The van der Waals surface area contributed by atoms with Gasteiger partial charge in [0.25, 0.3) is 10.1 Å². The molecule has 0 bridgehead atoms. The molecule has 6 nitrogen and oxygen atoms in total. The first-order chi connectivity index (χ1) is 12.4. The fourth-order valence-electron chi connectivity index (χ4n) is 2.50. The molecule has 0 spiro atoms. The molecular formula is C19H21N3O3S. The Hall–Kier alpha value is -2.51. The van der Waals surface area contributed by atoms with Gasteiger partial charge in [0.1, 0.15) is 0 Å². The van der Waals surface area contributed by atoms with E-state index in [0.717, 1.165) is 22.5 Å². The summed E-state index contributed by atoms with van der Waals surface area (Å²) in [6, 6.07) is 14.6. The maximum atomic E-state index is 12.1. The van der Waals surface area contributed by atoms with Crippen LogP contribution in [0.1, 0.15) is 23.2 Å². The summed E-state index contributed by atoms with van der Waals surface area (Å²) in [6.07, 6.45) is 2.98. The van der Waals surface area contributed by atoms with Crippen molar-refractivity contribution in [2.45, 2.75) is 31.6 Å². The summed E-state index contributed by atoms with van der Waals surface area (Å²) in [5.74, 6) is 0. The summed E-state index contributed by atoms with van der Waals surface area (Å²) >= 11 is 0. The zero-order chi connectivity index (χ0) is 18.6. The number of hydrogen-bond acceptors (Lipinski definition) is 5. The molecule has 136 valence electrons. The van der Waals surface area contributed by atoms with Crippen LogP contribution in [0.2, 0.25) is 0 Å². The lowest BCUT2D eigenvalue weighted by atomic mass is 10.2. The van der Waals surface area contributed by atoms with Gasteiger partial charge in [-0.25, -0.2) is 4.68 Å². The van der Waals surface area contributed by atoms with Gasteiger partial charge in [-0.2, -0.15) is 8.42 Å². The summed E-state index contributed by atoms with van der Waals surface area (Å²) in [7, 11) is -3.72. The van der Waals surface area contributed by atoms with Gasteiger partial charge >= 0.3 is 0 Å². The summed E-state index contributed by atoms with van der Waals surface area (Å²) in [6.45, 7) is 4.03. The third-order valence-electron chi connectivity index (χ3n) is 3.93. The first-order valence-electron chi connectivity index (χ1n) is 8.38. The smallest absolute Gasteiger partial charge is 0.266 e. The molecule has 1 heterocycles. The van der Waals surface area contributed by atoms with Gasteiger partial charge in [0.05, 0.1) is 29.1 Å². The Balaban J connectivity index is 1.53. The van der Waals surface area contributed by atoms with Crippen molar-refractivity contribution in [2.24, 2.45) is 0 Å². The summed E-state index contributed by atoms with van der Waals surface area (Å²) < 4.78 is 31.1. The highest BCUT2D eigenvalue weighted by Gasteiger charge is 2.14. The fourth-order valence-corrected chi connectivity index (χ4v) is 3.45. The van der Waals surface area contributed by atoms with Crippen molar-refractivity contribution < 1.29 is 12.6 Å². The van der Waals surface area contributed by atoms with Crippen LogP contribution in [-0.2, 0) is 20.7 Å². The molecular weight excluding hydrogens is 350 g/mol. The summed E-state index contributed by atoms with van der Waals surface area (Å²) in [4.78, 5) is 0.175. The Morgan fingerprint density at radius 1 is 1.04 bits per heavy atom. The predicted octanol–water partition coefficient (Wildman–Crippen LogP) is 3.22. The molecule has 0 aliphatic rings. The van der Waals surface area contributed by atoms with Crippen molar-refractivity contribution in [3.8, 4) is 5.69 Å². The molecule has 0 N–H and O–H groups in total. The van der Waals surface area contributed by atoms with E-state index in [-0.39, 0.29) is 11.5 Å². The minimum atomic E-state index is -3.72. The van der Waals surface area contributed by atoms with Gasteiger partial charge < -0.3 is 0 Å². The number of nitrogens with zero attached hydrogens (tertiary/aromatic N) is 3. The summed E-state index contributed by atoms with van der Waals surface area (Å²) in [5.41, 5.74) is 3.89. The van der Waals surface area contributed by atoms with E-state index < -0.39 is 10.1 Å². The number of aromatic nitrogens is 3. The molecule has 0 fully saturated rings. The number of rotatable bonds is 7. The largest absolute Gasteiger partial charge is 0.296 e. The van der Waals surface area contributed by atoms with E-state index in [1.54, 1.807) is 28.9 Å². The van der Waals surface area contributed by atoms with Crippen molar-refractivity contribution in [2.75, 3.05) is 6.61 Å². The molecule has 0 aliphatic heterocycles. The lowest BCUT2D eigenvalue weighted by molar-refractivity contribution is 0.312. The molecule has 0 unspecified atom stereocenters. The monoisotopic (exact) mass is 371 g/mol. The highest BCUT2D eigenvalue weighted by molar-refractivity contribution is 7.86. The van der Waals surface area contributed by atoms with Crippen LogP contribution in [0.25, 0.3) is 5.69 Å². The number of aryl methyl sites for hydroxylation is 3. The van der Waals surface area contributed by atoms with Gasteiger partial charge in [-0.05, 0) is 56.5 Å². The number of benzene rings is 2. The average Bonchev–Trinajstić information content (AvgIpc) is 3.08.